The van der Waals surface area contributed by atoms with Crippen LogP contribution in [0.5, 0.6) is 0 Å². The van der Waals surface area contributed by atoms with Crippen LogP contribution >= 0.6 is 0 Å². The molecule has 0 aliphatic carbocycles. The third-order valence-electron chi connectivity index (χ3n) is 6.31. The third-order valence-corrected chi connectivity index (χ3v) is 6.31. The fourth-order valence-corrected chi connectivity index (χ4v) is 4.28. The Morgan fingerprint density at radius 1 is 0.515 bits per heavy atom. The molecule has 0 saturated carbocycles. The van der Waals surface area contributed by atoms with Crippen molar-refractivity contribution >= 4 is 0 Å². The van der Waals surface area contributed by atoms with Crippen molar-refractivity contribution in [1.82, 2.24) is 0 Å². The van der Waals surface area contributed by atoms with Crippen LogP contribution in [0.15, 0.2) is 54.6 Å². The summed E-state index contributed by atoms with van der Waals surface area (Å²) in [5.41, 5.74) is 2.96. The Bertz CT molecular complexity index is 1020. The van der Waals surface area contributed by atoms with Crippen LogP contribution in [0, 0.1) is 17.5 Å². The van der Waals surface area contributed by atoms with Crippen molar-refractivity contribution in [3.63, 3.8) is 0 Å². The van der Waals surface area contributed by atoms with E-state index in [4.69, 9.17) is 0 Å². The Kier molecular flexibility index (Phi) is 9.60. The molecule has 0 aliphatic rings. The topological polar surface area (TPSA) is 0 Å². The molecule has 3 aromatic rings. The van der Waals surface area contributed by atoms with Crippen LogP contribution in [0.1, 0.15) is 76.3 Å². The molecule has 0 N–H and O–H groups in total. The second-order valence-electron chi connectivity index (χ2n) is 8.92. The highest BCUT2D eigenvalue weighted by Gasteiger charge is 2.18. The van der Waals surface area contributed by atoms with Crippen molar-refractivity contribution in [1.29, 1.82) is 0 Å². The lowest BCUT2D eigenvalue weighted by Gasteiger charge is -2.11. The normalized spacial score (nSPS) is 11.2. The van der Waals surface area contributed by atoms with Crippen LogP contribution in [0.4, 0.5) is 13.2 Å². The molecule has 0 bridgehead atoms. The van der Waals surface area contributed by atoms with E-state index in [-0.39, 0.29) is 16.7 Å². The predicted octanol–water partition coefficient (Wildman–Crippen LogP) is 9.68. The van der Waals surface area contributed by atoms with Gasteiger partial charge in [-0.25, -0.2) is 13.2 Å². The first kappa shape index (κ1) is 25.1. The lowest BCUT2D eigenvalue weighted by molar-refractivity contribution is 0.512. The average Bonchev–Trinajstić information content (AvgIpc) is 2.82. The molecule has 0 heterocycles. The fourth-order valence-electron chi connectivity index (χ4n) is 4.28. The average molecular weight is 453 g/mol. The zero-order valence-electron chi connectivity index (χ0n) is 19.9. The number of rotatable bonds is 12. The second kappa shape index (κ2) is 12.6. The molecule has 0 amide bonds. The molecule has 0 unspecified atom stereocenters. The van der Waals surface area contributed by atoms with Crippen molar-refractivity contribution in [3.8, 4) is 22.3 Å². The maximum Gasteiger partial charge on any atom is 0.167 e. The van der Waals surface area contributed by atoms with E-state index in [2.05, 4.69) is 13.8 Å². The molecule has 3 rings (SSSR count). The van der Waals surface area contributed by atoms with Crippen LogP contribution in [0.25, 0.3) is 22.3 Å². The molecular formula is C30H35F3. The van der Waals surface area contributed by atoms with Gasteiger partial charge in [0.15, 0.2) is 11.6 Å². The number of halogens is 3. The summed E-state index contributed by atoms with van der Waals surface area (Å²) in [7, 11) is 0. The Balaban J connectivity index is 1.74. The van der Waals surface area contributed by atoms with Gasteiger partial charge in [-0.1, -0.05) is 101 Å². The summed E-state index contributed by atoms with van der Waals surface area (Å²) in [6.07, 6.45) is 11.0. The van der Waals surface area contributed by atoms with Crippen LogP contribution in [0.3, 0.4) is 0 Å². The summed E-state index contributed by atoms with van der Waals surface area (Å²) in [5.74, 6) is -2.46. The van der Waals surface area contributed by atoms with Crippen LogP contribution in [-0.4, -0.2) is 0 Å². The molecule has 0 radical (unpaired) electrons. The fraction of sp³-hybridized carbons (Fsp3) is 0.400. The molecule has 0 aliphatic heterocycles. The maximum absolute atomic E-state index is 15.0. The van der Waals surface area contributed by atoms with Gasteiger partial charge < -0.3 is 0 Å². The minimum absolute atomic E-state index is 0.0422. The molecule has 0 saturated heterocycles. The molecule has 3 heteroatoms. The van der Waals surface area contributed by atoms with E-state index in [9.17, 15) is 13.2 Å². The number of aryl methyl sites for hydroxylation is 2. The Morgan fingerprint density at radius 3 is 1.73 bits per heavy atom. The van der Waals surface area contributed by atoms with Gasteiger partial charge in [-0.2, -0.15) is 0 Å². The van der Waals surface area contributed by atoms with Crippen molar-refractivity contribution < 1.29 is 13.2 Å². The molecule has 0 atom stereocenters. The zero-order valence-corrected chi connectivity index (χ0v) is 19.9. The molecule has 0 aromatic heterocycles. The summed E-state index contributed by atoms with van der Waals surface area (Å²) in [5, 5.41) is 0. The maximum atomic E-state index is 15.0. The number of hydrogen-bond donors (Lipinski definition) is 0. The first-order valence-corrected chi connectivity index (χ1v) is 12.4. The molecule has 0 spiro atoms. The molecule has 0 fully saturated rings. The molecule has 0 nitrogen and oxygen atoms in total. The standard InChI is InChI=1S/C30H35F3/c1-3-5-7-8-10-12-23-15-18-26(28(31)21-23)27-20-19-25(29(32)30(27)33)24-16-13-22(14-17-24)11-9-6-4-2/h13-21H,3-12H2,1-2H3. The number of benzene rings is 3. The molecular weight excluding hydrogens is 417 g/mol. The summed E-state index contributed by atoms with van der Waals surface area (Å²) in [4.78, 5) is 0. The van der Waals surface area contributed by atoms with Gasteiger partial charge in [-0.3, -0.25) is 0 Å². The minimum atomic E-state index is -1.01. The van der Waals surface area contributed by atoms with Crippen molar-refractivity contribution in [2.24, 2.45) is 0 Å². The smallest absolute Gasteiger partial charge is 0.167 e. The quantitative estimate of drug-likeness (QED) is 0.240. The van der Waals surface area contributed by atoms with Gasteiger partial charge in [0.1, 0.15) is 5.82 Å². The van der Waals surface area contributed by atoms with Crippen LogP contribution < -0.4 is 0 Å². The Labute approximate surface area is 196 Å². The van der Waals surface area contributed by atoms with Gasteiger partial charge in [0.25, 0.3) is 0 Å². The van der Waals surface area contributed by atoms with Crippen LogP contribution in [0.2, 0.25) is 0 Å². The summed E-state index contributed by atoms with van der Waals surface area (Å²) in [6.45, 7) is 4.34. The van der Waals surface area contributed by atoms with E-state index in [1.165, 1.54) is 43.4 Å². The van der Waals surface area contributed by atoms with Gasteiger partial charge >= 0.3 is 0 Å². The molecule has 3 aromatic carbocycles. The Hall–Kier alpha value is -2.55. The second-order valence-corrected chi connectivity index (χ2v) is 8.92. The first-order valence-electron chi connectivity index (χ1n) is 12.4. The summed E-state index contributed by atoms with van der Waals surface area (Å²) >= 11 is 0. The van der Waals surface area contributed by atoms with Crippen molar-refractivity contribution in [3.05, 3.63) is 83.2 Å². The zero-order chi connectivity index (χ0) is 23.6. The van der Waals surface area contributed by atoms with Crippen molar-refractivity contribution in [2.75, 3.05) is 0 Å². The van der Waals surface area contributed by atoms with Crippen molar-refractivity contribution in [2.45, 2.75) is 78.1 Å². The lowest BCUT2D eigenvalue weighted by atomic mass is 9.96. The summed E-state index contributed by atoms with van der Waals surface area (Å²) in [6, 6.07) is 15.5. The largest absolute Gasteiger partial charge is 0.206 e. The predicted molar refractivity (Wildman–Crippen MR) is 133 cm³/mol. The first-order chi connectivity index (χ1) is 16.0. The van der Waals surface area contributed by atoms with E-state index >= 15 is 0 Å². The van der Waals surface area contributed by atoms with Gasteiger partial charge in [0.2, 0.25) is 0 Å². The van der Waals surface area contributed by atoms with Gasteiger partial charge in [-0.05, 0) is 48.4 Å². The third kappa shape index (κ3) is 6.72. The highest BCUT2D eigenvalue weighted by Crippen LogP contribution is 2.33. The van der Waals surface area contributed by atoms with E-state index in [0.29, 0.717) is 5.56 Å². The van der Waals surface area contributed by atoms with Gasteiger partial charge in [0.05, 0.1) is 0 Å². The Morgan fingerprint density at radius 2 is 1.03 bits per heavy atom. The van der Waals surface area contributed by atoms with Gasteiger partial charge in [-0.15, -0.1) is 0 Å². The molecule has 176 valence electrons. The van der Waals surface area contributed by atoms with E-state index in [1.807, 2.05) is 30.3 Å². The SMILES string of the molecule is CCCCCCCc1ccc(-c2ccc(-c3ccc(CCCCC)cc3)c(F)c2F)c(F)c1. The van der Waals surface area contributed by atoms with Gasteiger partial charge in [0, 0.05) is 16.7 Å². The summed E-state index contributed by atoms with van der Waals surface area (Å²) < 4.78 is 44.7. The number of unbranched alkanes of at least 4 members (excludes halogenated alkanes) is 6. The van der Waals surface area contributed by atoms with E-state index in [0.717, 1.165) is 44.1 Å². The lowest BCUT2D eigenvalue weighted by Crippen LogP contribution is -1.97. The monoisotopic (exact) mass is 452 g/mol. The highest BCUT2D eigenvalue weighted by molar-refractivity contribution is 5.72. The van der Waals surface area contributed by atoms with Crippen LogP contribution in [-0.2, 0) is 12.8 Å². The highest BCUT2D eigenvalue weighted by atomic mass is 19.2. The van der Waals surface area contributed by atoms with E-state index in [1.54, 1.807) is 12.1 Å². The number of hydrogen-bond acceptors (Lipinski definition) is 0. The molecule has 33 heavy (non-hydrogen) atoms. The van der Waals surface area contributed by atoms with E-state index < -0.39 is 17.5 Å². The minimum Gasteiger partial charge on any atom is -0.206 e.